The molecule has 2 nitrogen and oxygen atoms in total. The first kappa shape index (κ1) is 16.0. The first-order valence-electron chi connectivity index (χ1n) is 9.31. The SMILES string of the molecule is CC1CCC(N2CCN(CCCc3ccccc3)CC2)CC1. The maximum Gasteiger partial charge on any atom is 0.0113 e. The van der Waals surface area contributed by atoms with E-state index in [2.05, 4.69) is 47.1 Å². The summed E-state index contributed by atoms with van der Waals surface area (Å²) in [6.45, 7) is 8.84. The highest BCUT2D eigenvalue weighted by Crippen LogP contribution is 2.27. The first-order valence-corrected chi connectivity index (χ1v) is 9.31. The van der Waals surface area contributed by atoms with Crippen LogP contribution in [0.1, 0.15) is 44.6 Å². The predicted molar refractivity (Wildman–Crippen MR) is 94.2 cm³/mol. The third-order valence-electron chi connectivity index (χ3n) is 5.69. The van der Waals surface area contributed by atoms with Crippen LogP contribution in [0.15, 0.2) is 30.3 Å². The number of rotatable bonds is 5. The van der Waals surface area contributed by atoms with Crippen LogP contribution in [0.4, 0.5) is 0 Å². The van der Waals surface area contributed by atoms with E-state index in [-0.39, 0.29) is 0 Å². The van der Waals surface area contributed by atoms with Crippen LogP contribution < -0.4 is 0 Å². The summed E-state index contributed by atoms with van der Waals surface area (Å²) >= 11 is 0. The van der Waals surface area contributed by atoms with Gasteiger partial charge in [-0.25, -0.2) is 0 Å². The summed E-state index contributed by atoms with van der Waals surface area (Å²) in [7, 11) is 0. The van der Waals surface area contributed by atoms with E-state index in [0.717, 1.165) is 12.0 Å². The zero-order chi connectivity index (χ0) is 15.2. The quantitative estimate of drug-likeness (QED) is 0.816. The van der Waals surface area contributed by atoms with Gasteiger partial charge in [0, 0.05) is 32.2 Å². The number of benzene rings is 1. The number of hydrogen-bond acceptors (Lipinski definition) is 2. The minimum atomic E-state index is 0.891. The van der Waals surface area contributed by atoms with Crippen molar-refractivity contribution in [1.29, 1.82) is 0 Å². The van der Waals surface area contributed by atoms with Gasteiger partial charge >= 0.3 is 0 Å². The molecule has 0 spiro atoms. The largest absolute Gasteiger partial charge is 0.301 e. The van der Waals surface area contributed by atoms with Gasteiger partial charge in [-0.05, 0) is 56.6 Å². The molecule has 2 heteroatoms. The van der Waals surface area contributed by atoms with Crippen LogP contribution in [0.25, 0.3) is 0 Å². The minimum Gasteiger partial charge on any atom is -0.301 e. The van der Waals surface area contributed by atoms with Gasteiger partial charge in [0.05, 0.1) is 0 Å². The van der Waals surface area contributed by atoms with E-state index in [1.807, 2.05) is 0 Å². The van der Waals surface area contributed by atoms with Crippen molar-refractivity contribution in [2.24, 2.45) is 5.92 Å². The van der Waals surface area contributed by atoms with Crippen molar-refractivity contribution < 1.29 is 0 Å². The number of hydrogen-bond donors (Lipinski definition) is 0. The Morgan fingerprint density at radius 1 is 0.909 bits per heavy atom. The molecule has 0 atom stereocenters. The van der Waals surface area contributed by atoms with Crippen molar-refractivity contribution in [3.8, 4) is 0 Å². The standard InChI is InChI=1S/C20H32N2/c1-18-9-11-20(12-10-18)22-16-14-21(15-17-22)13-5-8-19-6-3-2-4-7-19/h2-4,6-7,18,20H,5,8-17H2,1H3. The lowest BCUT2D eigenvalue weighted by Gasteiger charge is -2.41. The Kier molecular flexibility index (Phi) is 5.91. The second kappa shape index (κ2) is 8.12. The first-order chi connectivity index (χ1) is 10.8. The summed E-state index contributed by atoms with van der Waals surface area (Å²) in [6.07, 6.45) is 8.29. The smallest absolute Gasteiger partial charge is 0.0113 e. The molecule has 2 aliphatic rings. The molecular formula is C20H32N2. The monoisotopic (exact) mass is 300 g/mol. The van der Waals surface area contributed by atoms with Crippen molar-refractivity contribution >= 4 is 0 Å². The average Bonchev–Trinajstić information content (AvgIpc) is 2.57. The van der Waals surface area contributed by atoms with Crippen molar-refractivity contribution in [3.63, 3.8) is 0 Å². The van der Waals surface area contributed by atoms with Gasteiger partial charge in [0.2, 0.25) is 0 Å². The average molecular weight is 300 g/mol. The summed E-state index contributed by atoms with van der Waals surface area (Å²) in [5.41, 5.74) is 1.48. The number of piperazine rings is 1. The molecule has 0 N–H and O–H groups in total. The van der Waals surface area contributed by atoms with Crippen LogP contribution in [-0.2, 0) is 6.42 Å². The van der Waals surface area contributed by atoms with Crippen LogP contribution in [0.5, 0.6) is 0 Å². The number of nitrogens with zero attached hydrogens (tertiary/aromatic N) is 2. The summed E-state index contributed by atoms with van der Waals surface area (Å²) in [6, 6.07) is 11.8. The normalized spacial score (nSPS) is 27.9. The fraction of sp³-hybridized carbons (Fsp3) is 0.700. The lowest BCUT2D eigenvalue weighted by atomic mass is 9.86. The topological polar surface area (TPSA) is 6.48 Å². The van der Waals surface area contributed by atoms with Crippen LogP contribution in [0.2, 0.25) is 0 Å². The zero-order valence-electron chi connectivity index (χ0n) is 14.2. The summed E-state index contributed by atoms with van der Waals surface area (Å²) < 4.78 is 0. The molecule has 0 unspecified atom stereocenters. The van der Waals surface area contributed by atoms with E-state index >= 15 is 0 Å². The predicted octanol–water partition coefficient (Wildman–Crippen LogP) is 3.82. The number of aryl methyl sites for hydroxylation is 1. The maximum atomic E-state index is 2.78. The molecule has 1 aromatic carbocycles. The van der Waals surface area contributed by atoms with E-state index in [9.17, 15) is 0 Å². The van der Waals surface area contributed by atoms with Crippen LogP contribution >= 0.6 is 0 Å². The Morgan fingerprint density at radius 2 is 1.59 bits per heavy atom. The highest BCUT2D eigenvalue weighted by atomic mass is 15.3. The van der Waals surface area contributed by atoms with E-state index in [1.54, 1.807) is 0 Å². The minimum absolute atomic E-state index is 0.891. The molecule has 1 aliphatic heterocycles. The van der Waals surface area contributed by atoms with E-state index in [1.165, 1.54) is 76.8 Å². The van der Waals surface area contributed by atoms with Gasteiger partial charge in [-0.3, -0.25) is 4.90 Å². The highest BCUT2D eigenvalue weighted by molar-refractivity contribution is 5.14. The van der Waals surface area contributed by atoms with E-state index < -0.39 is 0 Å². The zero-order valence-corrected chi connectivity index (χ0v) is 14.2. The fourth-order valence-corrected chi connectivity index (χ4v) is 4.11. The summed E-state index contributed by atoms with van der Waals surface area (Å²) in [5.74, 6) is 0.968. The van der Waals surface area contributed by atoms with Gasteiger partial charge in [-0.1, -0.05) is 37.3 Å². The molecule has 0 bridgehead atoms. The molecule has 122 valence electrons. The van der Waals surface area contributed by atoms with Gasteiger partial charge in [-0.15, -0.1) is 0 Å². The lowest BCUT2D eigenvalue weighted by Crippen LogP contribution is -2.51. The molecule has 2 fully saturated rings. The van der Waals surface area contributed by atoms with E-state index in [0.29, 0.717) is 0 Å². The molecule has 0 radical (unpaired) electrons. The molecule has 1 aliphatic carbocycles. The second-order valence-corrected chi connectivity index (χ2v) is 7.38. The molecule has 1 aromatic rings. The molecule has 0 amide bonds. The van der Waals surface area contributed by atoms with Crippen molar-refractivity contribution in [2.45, 2.75) is 51.5 Å². The van der Waals surface area contributed by atoms with Crippen LogP contribution in [0.3, 0.4) is 0 Å². The van der Waals surface area contributed by atoms with Gasteiger partial charge in [0.25, 0.3) is 0 Å². The maximum absolute atomic E-state index is 2.78. The van der Waals surface area contributed by atoms with E-state index in [4.69, 9.17) is 0 Å². The molecular weight excluding hydrogens is 268 g/mol. The molecule has 3 rings (SSSR count). The Morgan fingerprint density at radius 3 is 2.27 bits per heavy atom. The third-order valence-corrected chi connectivity index (χ3v) is 5.69. The third kappa shape index (κ3) is 4.57. The lowest BCUT2D eigenvalue weighted by molar-refractivity contribution is 0.0717. The Labute approximate surface area is 136 Å². The molecule has 1 saturated heterocycles. The Balaban J connectivity index is 1.33. The Bertz CT molecular complexity index is 415. The fourth-order valence-electron chi connectivity index (χ4n) is 4.11. The Hall–Kier alpha value is -0.860. The molecule has 22 heavy (non-hydrogen) atoms. The highest BCUT2D eigenvalue weighted by Gasteiger charge is 2.26. The van der Waals surface area contributed by atoms with Gasteiger partial charge in [0.1, 0.15) is 0 Å². The van der Waals surface area contributed by atoms with Crippen molar-refractivity contribution in [2.75, 3.05) is 32.7 Å². The molecule has 0 aromatic heterocycles. The van der Waals surface area contributed by atoms with Crippen molar-refractivity contribution in [3.05, 3.63) is 35.9 Å². The molecule has 1 saturated carbocycles. The van der Waals surface area contributed by atoms with Gasteiger partial charge in [-0.2, -0.15) is 0 Å². The van der Waals surface area contributed by atoms with Gasteiger partial charge < -0.3 is 4.90 Å². The van der Waals surface area contributed by atoms with Crippen LogP contribution in [0, 0.1) is 5.92 Å². The summed E-state index contributed by atoms with van der Waals surface area (Å²) in [5, 5.41) is 0. The van der Waals surface area contributed by atoms with Crippen LogP contribution in [-0.4, -0.2) is 48.6 Å². The molecule has 1 heterocycles. The summed E-state index contributed by atoms with van der Waals surface area (Å²) in [4.78, 5) is 5.45. The van der Waals surface area contributed by atoms with Gasteiger partial charge in [0.15, 0.2) is 0 Å². The van der Waals surface area contributed by atoms with Crippen molar-refractivity contribution in [1.82, 2.24) is 9.80 Å². The second-order valence-electron chi connectivity index (χ2n) is 7.38.